The minimum Gasteiger partial charge on any atom is -0.490 e. The van der Waals surface area contributed by atoms with Gasteiger partial charge in [-0.3, -0.25) is 0 Å². The highest BCUT2D eigenvalue weighted by Gasteiger charge is 2.11. The molecule has 0 N–H and O–H groups in total. The van der Waals surface area contributed by atoms with Crippen LogP contribution in [-0.2, 0) is 0 Å². The van der Waals surface area contributed by atoms with E-state index in [1.165, 1.54) is 6.07 Å². The summed E-state index contributed by atoms with van der Waals surface area (Å²) in [6.07, 6.45) is 0. The van der Waals surface area contributed by atoms with Gasteiger partial charge in [-0.1, -0.05) is 40.2 Å². The van der Waals surface area contributed by atoms with Crippen molar-refractivity contribution < 1.29 is 9.13 Å². The summed E-state index contributed by atoms with van der Waals surface area (Å²) in [6, 6.07) is 13.5. The van der Waals surface area contributed by atoms with Crippen molar-refractivity contribution in [2.24, 2.45) is 0 Å². The number of benzene rings is 2. The van der Waals surface area contributed by atoms with Gasteiger partial charge in [0.05, 0.1) is 6.61 Å². The molecule has 0 amide bonds. The molecule has 0 aliphatic rings. The zero-order chi connectivity index (χ0) is 12.3. The normalized spacial score (nSPS) is 10.3. The van der Waals surface area contributed by atoms with Crippen LogP contribution in [0.2, 0.25) is 0 Å². The Kier molecular flexibility index (Phi) is 3.79. The topological polar surface area (TPSA) is 9.23 Å². The first-order valence-corrected chi connectivity index (χ1v) is 6.10. The average molecular weight is 294 g/mol. The van der Waals surface area contributed by atoms with Gasteiger partial charge in [0.25, 0.3) is 0 Å². The lowest BCUT2D eigenvalue weighted by Gasteiger charge is -2.11. The van der Waals surface area contributed by atoms with Crippen LogP contribution in [-0.4, -0.2) is 6.61 Å². The molecule has 2 aromatic rings. The van der Waals surface area contributed by atoms with E-state index < -0.39 is 0 Å². The Bertz CT molecular complexity index is 525. The van der Waals surface area contributed by atoms with E-state index in [0.29, 0.717) is 12.4 Å². The maximum absolute atomic E-state index is 13.7. The summed E-state index contributed by atoms with van der Waals surface area (Å²) in [7, 11) is 0. The summed E-state index contributed by atoms with van der Waals surface area (Å²) in [5.41, 5.74) is 1.65. The van der Waals surface area contributed by atoms with E-state index in [1.54, 1.807) is 12.1 Å². The molecule has 0 saturated carbocycles. The summed E-state index contributed by atoms with van der Waals surface area (Å²) in [6.45, 7) is 2.28. The van der Waals surface area contributed by atoms with Gasteiger partial charge in [0, 0.05) is 10.0 Å². The van der Waals surface area contributed by atoms with Gasteiger partial charge in [0.15, 0.2) is 11.6 Å². The number of hydrogen-bond acceptors (Lipinski definition) is 1. The van der Waals surface area contributed by atoms with Crippen LogP contribution < -0.4 is 4.74 Å². The standard InChI is InChI=1S/C14H11BrFO/c1-2-17-14-12(7-4-8-13(14)16)10-5-3-6-11(15)9-10/h3-5,7-9H,2H2,1H3. The second-order valence-corrected chi connectivity index (χ2v) is 4.33. The number of hydrogen-bond donors (Lipinski definition) is 0. The zero-order valence-corrected chi connectivity index (χ0v) is 10.9. The SMILES string of the molecule is CCOc1c(F)cccc1-c1cc[c]c(Br)c1. The van der Waals surface area contributed by atoms with Crippen molar-refractivity contribution in [3.63, 3.8) is 0 Å². The van der Waals surface area contributed by atoms with E-state index in [2.05, 4.69) is 22.0 Å². The Hall–Kier alpha value is -1.35. The Morgan fingerprint density at radius 2 is 2.18 bits per heavy atom. The zero-order valence-electron chi connectivity index (χ0n) is 9.34. The van der Waals surface area contributed by atoms with Crippen LogP contribution in [0, 0.1) is 11.9 Å². The van der Waals surface area contributed by atoms with Crippen LogP contribution in [0.3, 0.4) is 0 Å². The molecular formula is C14H11BrFO. The van der Waals surface area contributed by atoms with E-state index in [-0.39, 0.29) is 5.82 Å². The highest BCUT2D eigenvalue weighted by molar-refractivity contribution is 9.10. The highest BCUT2D eigenvalue weighted by Crippen LogP contribution is 2.33. The minimum absolute atomic E-state index is 0.299. The summed E-state index contributed by atoms with van der Waals surface area (Å²) >= 11 is 3.35. The lowest BCUT2D eigenvalue weighted by atomic mass is 10.0. The van der Waals surface area contributed by atoms with Gasteiger partial charge < -0.3 is 4.74 Å². The smallest absolute Gasteiger partial charge is 0.165 e. The average Bonchev–Trinajstić information content (AvgIpc) is 2.32. The molecule has 0 aliphatic carbocycles. The van der Waals surface area contributed by atoms with E-state index in [9.17, 15) is 4.39 Å². The Labute approximate surface area is 108 Å². The molecular weight excluding hydrogens is 283 g/mol. The molecule has 87 valence electrons. The van der Waals surface area contributed by atoms with E-state index in [4.69, 9.17) is 4.74 Å². The molecule has 0 fully saturated rings. The fourth-order valence-electron chi connectivity index (χ4n) is 1.63. The molecule has 1 radical (unpaired) electrons. The largest absolute Gasteiger partial charge is 0.490 e. The predicted octanol–water partition coefficient (Wildman–Crippen LogP) is 4.45. The molecule has 0 aliphatic heterocycles. The third-order valence-corrected chi connectivity index (χ3v) is 2.79. The van der Waals surface area contributed by atoms with Crippen LogP contribution in [0.4, 0.5) is 4.39 Å². The summed E-state index contributed by atoms with van der Waals surface area (Å²) in [4.78, 5) is 0. The fourth-order valence-corrected chi connectivity index (χ4v) is 2.01. The van der Waals surface area contributed by atoms with Crippen LogP contribution >= 0.6 is 15.9 Å². The summed E-state index contributed by atoms with van der Waals surface area (Å²) in [5, 5.41) is 0. The molecule has 0 bridgehead atoms. The summed E-state index contributed by atoms with van der Waals surface area (Å²) < 4.78 is 19.9. The van der Waals surface area contributed by atoms with Gasteiger partial charge in [-0.25, -0.2) is 4.39 Å². The number of rotatable bonds is 3. The van der Waals surface area contributed by atoms with Crippen LogP contribution in [0.25, 0.3) is 11.1 Å². The molecule has 0 aromatic heterocycles. The molecule has 2 rings (SSSR count). The van der Waals surface area contributed by atoms with Gasteiger partial charge >= 0.3 is 0 Å². The van der Waals surface area contributed by atoms with E-state index in [1.807, 2.05) is 25.1 Å². The first-order valence-electron chi connectivity index (χ1n) is 5.31. The number of ether oxygens (including phenoxy) is 1. The van der Waals surface area contributed by atoms with Crippen LogP contribution in [0.5, 0.6) is 5.75 Å². The van der Waals surface area contributed by atoms with Crippen molar-refractivity contribution in [2.75, 3.05) is 6.61 Å². The highest BCUT2D eigenvalue weighted by atomic mass is 79.9. The van der Waals surface area contributed by atoms with Crippen molar-refractivity contribution in [2.45, 2.75) is 6.92 Å². The van der Waals surface area contributed by atoms with Crippen LogP contribution in [0.1, 0.15) is 6.92 Å². The minimum atomic E-state index is -0.340. The monoisotopic (exact) mass is 293 g/mol. The molecule has 3 heteroatoms. The lowest BCUT2D eigenvalue weighted by Crippen LogP contribution is -1.97. The van der Waals surface area contributed by atoms with Crippen molar-refractivity contribution in [1.29, 1.82) is 0 Å². The fraction of sp³-hybridized carbons (Fsp3) is 0.143. The molecule has 0 unspecified atom stereocenters. The van der Waals surface area contributed by atoms with Gasteiger partial charge in [0.1, 0.15) is 0 Å². The molecule has 0 atom stereocenters. The molecule has 0 saturated heterocycles. The molecule has 0 heterocycles. The van der Waals surface area contributed by atoms with E-state index in [0.717, 1.165) is 15.6 Å². The predicted molar refractivity (Wildman–Crippen MR) is 69.5 cm³/mol. The molecule has 1 nitrogen and oxygen atoms in total. The number of para-hydroxylation sites is 1. The van der Waals surface area contributed by atoms with E-state index >= 15 is 0 Å². The van der Waals surface area contributed by atoms with Gasteiger partial charge in [-0.05, 0) is 30.7 Å². The number of halogens is 2. The molecule has 0 spiro atoms. The third kappa shape index (κ3) is 2.67. The maximum Gasteiger partial charge on any atom is 0.165 e. The Morgan fingerprint density at radius 1 is 1.35 bits per heavy atom. The van der Waals surface area contributed by atoms with Gasteiger partial charge in [-0.15, -0.1) is 0 Å². The van der Waals surface area contributed by atoms with Crippen molar-refractivity contribution in [3.05, 3.63) is 52.8 Å². The quantitative estimate of drug-likeness (QED) is 0.812. The third-order valence-electron chi connectivity index (χ3n) is 2.33. The van der Waals surface area contributed by atoms with Gasteiger partial charge in [-0.2, -0.15) is 0 Å². The van der Waals surface area contributed by atoms with Crippen molar-refractivity contribution in [3.8, 4) is 16.9 Å². The Balaban J connectivity index is 2.54. The first-order chi connectivity index (χ1) is 8.22. The Morgan fingerprint density at radius 3 is 2.88 bits per heavy atom. The van der Waals surface area contributed by atoms with Crippen molar-refractivity contribution in [1.82, 2.24) is 0 Å². The molecule has 17 heavy (non-hydrogen) atoms. The van der Waals surface area contributed by atoms with Gasteiger partial charge in [0.2, 0.25) is 0 Å². The van der Waals surface area contributed by atoms with Crippen LogP contribution in [0.15, 0.2) is 40.9 Å². The second kappa shape index (κ2) is 5.32. The maximum atomic E-state index is 13.7. The lowest BCUT2D eigenvalue weighted by molar-refractivity contribution is 0.323. The van der Waals surface area contributed by atoms with Crippen molar-refractivity contribution >= 4 is 15.9 Å². The second-order valence-electron chi connectivity index (χ2n) is 3.47. The first kappa shape index (κ1) is 12.1. The molecule has 2 aromatic carbocycles. The summed E-state index contributed by atoms with van der Waals surface area (Å²) in [5.74, 6) is -0.0404.